The summed E-state index contributed by atoms with van der Waals surface area (Å²) < 4.78 is 5.34. The molecule has 4 heteroatoms. The third-order valence-electron chi connectivity index (χ3n) is 2.30. The van der Waals surface area contributed by atoms with Gasteiger partial charge in [-0.05, 0) is 18.6 Å². The highest BCUT2D eigenvalue weighted by Gasteiger charge is 2.03. The van der Waals surface area contributed by atoms with Crippen LogP contribution in [0.3, 0.4) is 0 Å². The molecule has 0 aliphatic carbocycles. The van der Waals surface area contributed by atoms with E-state index in [1.54, 1.807) is 24.6 Å². The number of aryl methyl sites for hydroxylation is 1. The summed E-state index contributed by atoms with van der Waals surface area (Å²) >= 11 is 1.60. The maximum atomic E-state index is 5.34. The van der Waals surface area contributed by atoms with Crippen LogP contribution in [0.25, 0.3) is 0 Å². The number of aromatic nitrogens is 1. The average Bonchev–Trinajstić information content (AvgIpc) is 2.80. The van der Waals surface area contributed by atoms with Crippen molar-refractivity contribution in [2.45, 2.75) is 13.5 Å². The molecule has 1 aromatic heterocycles. The molecule has 0 atom stereocenters. The molecule has 0 bridgehead atoms. The van der Waals surface area contributed by atoms with Crippen molar-refractivity contribution in [3.63, 3.8) is 0 Å². The molecule has 2 rings (SSSR count). The van der Waals surface area contributed by atoms with E-state index in [-0.39, 0.29) is 0 Å². The second-order valence-corrected chi connectivity index (χ2v) is 4.40. The van der Waals surface area contributed by atoms with Crippen LogP contribution < -0.4 is 10.1 Å². The Morgan fingerprint density at radius 1 is 1.44 bits per heavy atom. The summed E-state index contributed by atoms with van der Waals surface area (Å²) in [5.74, 6) is 0.920. The number of anilines is 1. The smallest absolute Gasteiger partial charge is 0.182 e. The average molecular weight is 234 g/mol. The molecule has 0 amide bonds. The highest BCUT2D eigenvalue weighted by molar-refractivity contribution is 7.13. The molecule has 0 aliphatic rings. The summed E-state index contributed by atoms with van der Waals surface area (Å²) in [6, 6.07) is 6.20. The van der Waals surface area contributed by atoms with Gasteiger partial charge in [-0.3, -0.25) is 0 Å². The van der Waals surface area contributed by atoms with Crippen LogP contribution in [0, 0.1) is 6.92 Å². The Morgan fingerprint density at radius 2 is 2.31 bits per heavy atom. The molecule has 84 valence electrons. The summed E-state index contributed by atoms with van der Waals surface area (Å²) in [5.41, 5.74) is 2.35. The standard InChI is InChI=1S/C12H14N2OS/c1-9-3-4-10(11(7-9)15-2)8-14-12-13-5-6-16-12/h3-7H,8H2,1-2H3,(H,13,14). The minimum absolute atomic E-state index is 0.733. The first-order valence-electron chi connectivity index (χ1n) is 5.06. The molecule has 0 fully saturated rings. The number of rotatable bonds is 4. The van der Waals surface area contributed by atoms with Gasteiger partial charge in [0.05, 0.1) is 7.11 Å². The summed E-state index contributed by atoms with van der Waals surface area (Å²) in [6.07, 6.45) is 1.79. The highest BCUT2D eigenvalue weighted by Crippen LogP contribution is 2.21. The van der Waals surface area contributed by atoms with Crippen LogP contribution in [0.5, 0.6) is 5.75 Å². The van der Waals surface area contributed by atoms with Crippen molar-refractivity contribution < 1.29 is 4.74 Å². The second kappa shape index (κ2) is 4.99. The number of ether oxygens (including phenoxy) is 1. The molecule has 0 radical (unpaired) electrons. The quantitative estimate of drug-likeness (QED) is 0.882. The van der Waals surface area contributed by atoms with E-state index in [2.05, 4.69) is 29.4 Å². The Labute approximate surface area is 99.1 Å². The third-order valence-corrected chi connectivity index (χ3v) is 3.04. The first-order valence-corrected chi connectivity index (χ1v) is 5.94. The van der Waals surface area contributed by atoms with E-state index in [1.807, 2.05) is 11.4 Å². The lowest BCUT2D eigenvalue weighted by Crippen LogP contribution is -2.01. The van der Waals surface area contributed by atoms with E-state index in [0.29, 0.717) is 0 Å². The third kappa shape index (κ3) is 2.52. The van der Waals surface area contributed by atoms with E-state index < -0.39 is 0 Å². The Morgan fingerprint density at radius 3 is 3.00 bits per heavy atom. The van der Waals surface area contributed by atoms with Gasteiger partial charge in [-0.2, -0.15) is 0 Å². The van der Waals surface area contributed by atoms with Crippen molar-refractivity contribution in [3.8, 4) is 5.75 Å². The Bertz CT molecular complexity index is 454. The molecule has 16 heavy (non-hydrogen) atoms. The van der Waals surface area contributed by atoms with Crippen LogP contribution in [-0.4, -0.2) is 12.1 Å². The lowest BCUT2D eigenvalue weighted by atomic mass is 10.1. The van der Waals surface area contributed by atoms with Crippen LogP contribution in [0.1, 0.15) is 11.1 Å². The molecule has 0 unspecified atom stereocenters. The van der Waals surface area contributed by atoms with Gasteiger partial charge in [0.15, 0.2) is 5.13 Å². The van der Waals surface area contributed by atoms with Crippen LogP contribution in [0.2, 0.25) is 0 Å². The Hall–Kier alpha value is -1.55. The lowest BCUT2D eigenvalue weighted by Gasteiger charge is -2.09. The van der Waals surface area contributed by atoms with Gasteiger partial charge >= 0.3 is 0 Å². The molecule has 0 saturated carbocycles. The van der Waals surface area contributed by atoms with E-state index in [9.17, 15) is 0 Å². The van der Waals surface area contributed by atoms with Crippen molar-refractivity contribution in [2.75, 3.05) is 12.4 Å². The van der Waals surface area contributed by atoms with Gasteiger partial charge in [0.25, 0.3) is 0 Å². The van der Waals surface area contributed by atoms with Crippen molar-refractivity contribution in [2.24, 2.45) is 0 Å². The first-order chi connectivity index (χ1) is 7.79. The fourth-order valence-corrected chi connectivity index (χ4v) is 2.01. The normalized spacial score (nSPS) is 10.1. The zero-order valence-electron chi connectivity index (χ0n) is 9.36. The zero-order chi connectivity index (χ0) is 11.4. The zero-order valence-corrected chi connectivity index (χ0v) is 10.2. The largest absolute Gasteiger partial charge is 0.496 e. The van der Waals surface area contributed by atoms with Gasteiger partial charge in [0, 0.05) is 23.7 Å². The molecule has 1 heterocycles. The topological polar surface area (TPSA) is 34.1 Å². The fourth-order valence-electron chi connectivity index (χ4n) is 1.48. The maximum absolute atomic E-state index is 5.34. The van der Waals surface area contributed by atoms with Crippen molar-refractivity contribution >= 4 is 16.5 Å². The molecule has 2 aromatic rings. The monoisotopic (exact) mass is 234 g/mol. The molecule has 0 saturated heterocycles. The van der Waals surface area contributed by atoms with Crippen LogP contribution in [-0.2, 0) is 6.54 Å². The number of methoxy groups -OCH3 is 1. The van der Waals surface area contributed by atoms with Crippen molar-refractivity contribution in [3.05, 3.63) is 40.9 Å². The summed E-state index contributed by atoms with van der Waals surface area (Å²) in [5, 5.41) is 6.15. The van der Waals surface area contributed by atoms with E-state index in [1.165, 1.54) is 5.56 Å². The number of nitrogens with zero attached hydrogens (tertiary/aromatic N) is 1. The van der Waals surface area contributed by atoms with Crippen molar-refractivity contribution in [1.29, 1.82) is 0 Å². The van der Waals surface area contributed by atoms with Gasteiger partial charge in [-0.15, -0.1) is 11.3 Å². The van der Waals surface area contributed by atoms with E-state index in [4.69, 9.17) is 4.74 Å². The number of hydrogen-bond acceptors (Lipinski definition) is 4. The lowest BCUT2D eigenvalue weighted by molar-refractivity contribution is 0.410. The summed E-state index contributed by atoms with van der Waals surface area (Å²) in [7, 11) is 1.70. The molecule has 0 aliphatic heterocycles. The molecule has 1 N–H and O–H groups in total. The van der Waals surface area contributed by atoms with Crippen LogP contribution >= 0.6 is 11.3 Å². The van der Waals surface area contributed by atoms with Crippen molar-refractivity contribution in [1.82, 2.24) is 4.98 Å². The van der Waals surface area contributed by atoms with Gasteiger partial charge in [-0.1, -0.05) is 12.1 Å². The maximum Gasteiger partial charge on any atom is 0.182 e. The summed E-state index contributed by atoms with van der Waals surface area (Å²) in [4.78, 5) is 4.17. The van der Waals surface area contributed by atoms with Crippen LogP contribution in [0.4, 0.5) is 5.13 Å². The van der Waals surface area contributed by atoms with E-state index >= 15 is 0 Å². The predicted molar refractivity (Wildman–Crippen MR) is 67.2 cm³/mol. The summed E-state index contributed by atoms with van der Waals surface area (Å²) in [6.45, 7) is 2.79. The van der Waals surface area contributed by atoms with Gasteiger partial charge in [0.2, 0.25) is 0 Å². The molecular weight excluding hydrogens is 220 g/mol. The molecule has 0 spiro atoms. The molecular formula is C12H14N2OS. The molecule has 1 aromatic carbocycles. The number of benzene rings is 1. The van der Waals surface area contributed by atoms with Gasteiger partial charge in [-0.25, -0.2) is 4.98 Å². The Balaban J connectivity index is 2.09. The van der Waals surface area contributed by atoms with Gasteiger partial charge in [0.1, 0.15) is 5.75 Å². The first kappa shape index (κ1) is 11.0. The Kier molecular flexibility index (Phi) is 3.41. The van der Waals surface area contributed by atoms with Gasteiger partial charge < -0.3 is 10.1 Å². The minimum atomic E-state index is 0.733. The minimum Gasteiger partial charge on any atom is -0.496 e. The molecule has 3 nitrogen and oxygen atoms in total. The SMILES string of the molecule is COc1cc(C)ccc1CNc1nccs1. The number of nitrogens with one attached hydrogen (secondary N) is 1. The fraction of sp³-hybridized carbons (Fsp3) is 0.250. The van der Waals surface area contributed by atoms with E-state index in [0.717, 1.165) is 23.0 Å². The number of thiazole rings is 1. The number of hydrogen-bond donors (Lipinski definition) is 1. The predicted octanol–water partition coefficient (Wildman–Crippen LogP) is 3.07. The second-order valence-electron chi connectivity index (χ2n) is 3.51. The highest BCUT2D eigenvalue weighted by atomic mass is 32.1. The van der Waals surface area contributed by atoms with Crippen LogP contribution in [0.15, 0.2) is 29.8 Å².